The summed E-state index contributed by atoms with van der Waals surface area (Å²) in [5.41, 5.74) is 1.89. The average Bonchev–Trinajstić information content (AvgIpc) is 3.17. The molecule has 0 spiro atoms. The number of hydrogen-bond donors (Lipinski definition) is 2. The Hall–Kier alpha value is -3.19. The first-order valence-electron chi connectivity index (χ1n) is 8.69. The molecule has 1 aromatic heterocycles. The van der Waals surface area contributed by atoms with Crippen molar-refractivity contribution in [3.63, 3.8) is 0 Å². The normalized spacial score (nSPS) is 11.8. The van der Waals surface area contributed by atoms with Crippen LogP contribution >= 0.6 is 0 Å². The lowest BCUT2D eigenvalue weighted by Gasteiger charge is -2.11. The van der Waals surface area contributed by atoms with Crippen LogP contribution in [0.15, 0.2) is 60.9 Å². The number of carbonyl (C=O) groups is 1. The summed E-state index contributed by atoms with van der Waals surface area (Å²) in [6.45, 7) is 0.711. The minimum absolute atomic E-state index is 0.0880. The highest BCUT2D eigenvalue weighted by Gasteiger charge is 2.14. The monoisotopic (exact) mass is 366 g/mol. The number of hydrogen-bond acceptors (Lipinski definition) is 5. The van der Waals surface area contributed by atoms with Crippen molar-refractivity contribution in [1.82, 2.24) is 20.1 Å². The number of aliphatic hydroxyl groups is 1. The molecule has 140 valence electrons. The molecule has 0 saturated carbocycles. The molecular formula is C20H22N4O3. The smallest absolute Gasteiger partial charge is 0.290 e. The lowest BCUT2D eigenvalue weighted by atomic mass is 10.1. The summed E-state index contributed by atoms with van der Waals surface area (Å²) in [6, 6.07) is 17.1. The summed E-state index contributed by atoms with van der Waals surface area (Å²) < 4.78 is 6.56. The number of nitrogens with one attached hydrogen (secondary N) is 1. The highest BCUT2D eigenvalue weighted by atomic mass is 16.5. The Labute approximate surface area is 157 Å². The fourth-order valence-electron chi connectivity index (χ4n) is 2.64. The fourth-order valence-corrected chi connectivity index (χ4v) is 2.64. The standard InChI is InChI=1S/C20H22N4O3/c1-27-17-9-7-16(8-10-17)18(25)13-24-14-22-19(23-24)20(26)21-12-11-15-5-3-2-4-6-15/h2-10,14,18,25H,11-13H2,1H3,(H,21,26). The van der Waals surface area contributed by atoms with E-state index in [1.54, 1.807) is 31.4 Å². The molecule has 0 saturated heterocycles. The highest BCUT2D eigenvalue weighted by molar-refractivity contribution is 5.90. The van der Waals surface area contributed by atoms with Gasteiger partial charge in [0.15, 0.2) is 0 Å². The van der Waals surface area contributed by atoms with Crippen molar-refractivity contribution >= 4 is 5.91 Å². The molecule has 7 nitrogen and oxygen atoms in total. The Kier molecular flexibility index (Phi) is 6.17. The SMILES string of the molecule is COc1ccc(C(O)Cn2cnc(C(=O)NCCc3ccccc3)n2)cc1. The topological polar surface area (TPSA) is 89.3 Å². The number of aromatic nitrogens is 3. The van der Waals surface area contributed by atoms with Crippen LogP contribution in [-0.4, -0.2) is 39.4 Å². The predicted octanol–water partition coefficient (Wildman–Crippen LogP) is 1.99. The molecule has 3 aromatic rings. The number of amides is 1. The Morgan fingerprint density at radius 2 is 1.93 bits per heavy atom. The summed E-state index contributed by atoms with van der Waals surface area (Å²) in [4.78, 5) is 16.2. The van der Waals surface area contributed by atoms with Gasteiger partial charge in [-0.15, -0.1) is 5.10 Å². The van der Waals surface area contributed by atoms with E-state index in [2.05, 4.69) is 15.4 Å². The van der Waals surface area contributed by atoms with Crippen LogP contribution in [0.3, 0.4) is 0 Å². The summed E-state index contributed by atoms with van der Waals surface area (Å²) in [7, 11) is 1.59. The zero-order valence-electron chi connectivity index (χ0n) is 15.1. The maximum atomic E-state index is 12.1. The van der Waals surface area contributed by atoms with Gasteiger partial charge in [0.05, 0.1) is 19.8 Å². The van der Waals surface area contributed by atoms with Crippen molar-refractivity contribution in [1.29, 1.82) is 0 Å². The predicted molar refractivity (Wildman–Crippen MR) is 100 cm³/mol. The van der Waals surface area contributed by atoms with Crippen LogP contribution in [0, 0.1) is 0 Å². The largest absolute Gasteiger partial charge is 0.497 e. The van der Waals surface area contributed by atoms with Gasteiger partial charge in [-0.05, 0) is 29.7 Å². The van der Waals surface area contributed by atoms with E-state index in [0.717, 1.165) is 23.3 Å². The van der Waals surface area contributed by atoms with Gasteiger partial charge in [0.25, 0.3) is 5.91 Å². The van der Waals surface area contributed by atoms with E-state index >= 15 is 0 Å². The molecule has 0 aliphatic carbocycles. The number of rotatable bonds is 8. The third-order valence-electron chi connectivity index (χ3n) is 4.14. The fraction of sp³-hybridized carbons (Fsp3) is 0.250. The average molecular weight is 366 g/mol. The van der Waals surface area contributed by atoms with E-state index in [9.17, 15) is 9.90 Å². The van der Waals surface area contributed by atoms with Crippen molar-refractivity contribution in [2.75, 3.05) is 13.7 Å². The lowest BCUT2D eigenvalue weighted by Crippen LogP contribution is -2.27. The quantitative estimate of drug-likeness (QED) is 0.636. The van der Waals surface area contributed by atoms with Crippen molar-refractivity contribution in [3.8, 4) is 5.75 Å². The molecule has 1 heterocycles. The molecule has 0 aliphatic rings. The van der Waals surface area contributed by atoms with Gasteiger partial charge in [0, 0.05) is 6.54 Å². The number of benzene rings is 2. The second kappa shape index (κ2) is 8.95. The second-order valence-electron chi connectivity index (χ2n) is 6.07. The molecule has 2 aromatic carbocycles. The third-order valence-corrected chi connectivity index (χ3v) is 4.14. The Morgan fingerprint density at radius 3 is 2.63 bits per heavy atom. The Morgan fingerprint density at radius 1 is 1.19 bits per heavy atom. The van der Waals surface area contributed by atoms with Crippen LogP contribution in [0.25, 0.3) is 0 Å². The van der Waals surface area contributed by atoms with Gasteiger partial charge in [-0.2, -0.15) is 0 Å². The Bertz CT molecular complexity index is 862. The molecular weight excluding hydrogens is 344 g/mol. The molecule has 1 atom stereocenters. The van der Waals surface area contributed by atoms with Gasteiger partial charge in [-0.1, -0.05) is 42.5 Å². The van der Waals surface area contributed by atoms with E-state index in [-0.39, 0.29) is 18.3 Å². The van der Waals surface area contributed by atoms with E-state index in [1.165, 1.54) is 11.0 Å². The van der Waals surface area contributed by atoms with Crippen LogP contribution in [0.5, 0.6) is 5.75 Å². The molecule has 0 bridgehead atoms. The number of nitrogens with zero attached hydrogens (tertiary/aromatic N) is 3. The minimum Gasteiger partial charge on any atom is -0.497 e. The zero-order chi connectivity index (χ0) is 19.1. The molecule has 27 heavy (non-hydrogen) atoms. The summed E-state index contributed by atoms with van der Waals surface area (Å²) in [5.74, 6) is 0.481. The van der Waals surface area contributed by atoms with Crippen LogP contribution in [-0.2, 0) is 13.0 Å². The van der Waals surface area contributed by atoms with Crippen LogP contribution < -0.4 is 10.1 Å². The van der Waals surface area contributed by atoms with Gasteiger partial charge in [-0.3, -0.25) is 4.79 Å². The Balaban J connectivity index is 1.51. The zero-order valence-corrected chi connectivity index (χ0v) is 15.1. The van der Waals surface area contributed by atoms with Crippen molar-refractivity contribution < 1.29 is 14.6 Å². The second-order valence-corrected chi connectivity index (χ2v) is 6.07. The van der Waals surface area contributed by atoms with Gasteiger partial charge >= 0.3 is 0 Å². The third kappa shape index (κ3) is 5.15. The van der Waals surface area contributed by atoms with E-state index in [0.29, 0.717) is 6.54 Å². The molecule has 1 unspecified atom stereocenters. The number of aliphatic hydroxyl groups excluding tert-OH is 1. The maximum absolute atomic E-state index is 12.1. The number of methoxy groups -OCH3 is 1. The van der Waals surface area contributed by atoms with E-state index < -0.39 is 6.10 Å². The van der Waals surface area contributed by atoms with Gasteiger partial charge in [0.1, 0.15) is 12.1 Å². The molecule has 0 aliphatic heterocycles. The highest BCUT2D eigenvalue weighted by Crippen LogP contribution is 2.18. The molecule has 3 rings (SSSR count). The van der Waals surface area contributed by atoms with Crippen molar-refractivity contribution in [2.45, 2.75) is 19.1 Å². The summed E-state index contributed by atoms with van der Waals surface area (Å²) in [6.07, 6.45) is 1.43. The first kappa shape index (κ1) is 18.6. The molecule has 1 amide bonds. The minimum atomic E-state index is -0.758. The number of ether oxygens (including phenoxy) is 1. The lowest BCUT2D eigenvalue weighted by molar-refractivity contribution is 0.0942. The van der Waals surface area contributed by atoms with Crippen LogP contribution in [0.4, 0.5) is 0 Å². The molecule has 0 radical (unpaired) electrons. The van der Waals surface area contributed by atoms with Gasteiger partial charge in [0.2, 0.25) is 5.82 Å². The van der Waals surface area contributed by atoms with Crippen molar-refractivity contribution in [2.24, 2.45) is 0 Å². The number of carbonyl (C=O) groups excluding carboxylic acids is 1. The van der Waals surface area contributed by atoms with Crippen LogP contribution in [0.1, 0.15) is 27.8 Å². The maximum Gasteiger partial charge on any atom is 0.290 e. The molecule has 7 heteroatoms. The van der Waals surface area contributed by atoms with Gasteiger partial charge < -0.3 is 15.2 Å². The summed E-state index contributed by atoms with van der Waals surface area (Å²) in [5, 5.41) is 17.3. The van der Waals surface area contributed by atoms with E-state index in [4.69, 9.17) is 4.74 Å². The van der Waals surface area contributed by atoms with Gasteiger partial charge in [-0.25, -0.2) is 9.67 Å². The van der Waals surface area contributed by atoms with Crippen LogP contribution in [0.2, 0.25) is 0 Å². The molecule has 0 fully saturated rings. The first-order chi connectivity index (χ1) is 13.2. The molecule has 2 N–H and O–H groups in total. The van der Waals surface area contributed by atoms with Crippen molar-refractivity contribution in [3.05, 3.63) is 77.9 Å². The first-order valence-corrected chi connectivity index (χ1v) is 8.69. The van der Waals surface area contributed by atoms with E-state index in [1.807, 2.05) is 30.3 Å². The summed E-state index contributed by atoms with van der Waals surface area (Å²) >= 11 is 0.